The zero-order valence-corrected chi connectivity index (χ0v) is 12.3. The second kappa shape index (κ2) is 5.63. The van der Waals surface area contributed by atoms with Crippen LogP contribution in [0.25, 0.3) is 0 Å². The van der Waals surface area contributed by atoms with Gasteiger partial charge >= 0.3 is 5.97 Å². The lowest BCUT2D eigenvalue weighted by molar-refractivity contribution is 0.0696. The summed E-state index contributed by atoms with van der Waals surface area (Å²) in [4.78, 5) is 11.0. The van der Waals surface area contributed by atoms with Gasteiger partial charge in [-0.05, 0) is 42.8 Å². The highest BCUT2D eigenvalue weighted by Gasteiger charge is 2.09. The van der Waals surface area contributed by atoms with Crippen LogP contribution in [0.2, 0.25) is 5.02 Å². The topological polar surface area (TPSA) is 46.5 Å². The average Bonchev–Trinajstić information content (AvgIpc) is 2.33. The van der Waals surface area contributed by atoms with Crippen LogP contribution in [0.3, 0.4) is 0 Å². The second-order valence-corrected chi connectivity index (χ2v) is 5.34. The van der Waals surface area contributed by atoms with Gasteiger partial charge in [-0.2, -0.15) is 0 Å². The van der Waals surface area contributed by atoms with Crippen molar-refractivity contribution in [3.05, 3.63) is 57.0 Å². The standard InChI is InChI=1S/C14H10BrClO3/c1-8-2-3-12(16)13(4-8)19-11-6-9(14(17)18)5-10(15)7-11/h2-7H,1H3,(H,17,18). The van der Waals surface area contributed by atoms with E-state index in [9.17, 15) is 4.79 Å². The van der Waals surface area contributed by atoms with Crippen LogP contribution in [0, 0.1) is 6.92 Å². The van der Waals surface area contributed by atoms with Crippen LogP contribution in [0.15, 0.2) is 40.9 Å². The molecule has 2 aromatic rings. The minimum absolute atomic E-state index is 0.146. The Morgan fingerprint density at radius 1 is 1.26 bits per heavy atom. The molecule has 0 aliphatic heterocycles. The lowest BCUT2D eigenvalue weighted by Gasteiger charge is -2.09. The molecule has 0 heterocycles. The number of carboxylic acid groups (broad SMARTS) is 1. The summed E-state index contributed by atoms with van der Waals surface area (Å²) in [6, 6.07) is 10.1. The van der Waals surface area contributed by atoms with Crippen molar-refractivity contribution in [1.82, 2.24) is 0 Å². The van der Waals surface area contributed by atoms with Crippen LogP contribution in [0.1, 0.15) is 15.9 Å². The molecular formula is C14H10BrClO3. The van der Waals surface area contributed by atoms with Gasteiger partial charge in [-0.15, -0.1) is 0 Å². The van der Waals surface area contributed by atoms with Crippen LogP contribution in [-0.4, -0.2) is 11.1 Å². The summed E-state index contributed by atoms with van der Waals surface area (Å²) >= 11 is 9.29. The molecule has 98 valence electrons. The highest BCUT2D eigenvalue weighted by atomic mass is 79.9. The number of aryl methyl sites for hydroxylation is 1. The fourth-order valence-electron chi connectivity index (χ4n) is 1.56. The lowest BCUT2D eigenvalue weighted by atomic mass is 10.2. The number of halogens is 2. The first-order valence-corrected chi connectivity index (χ1v) is 6.60. The normalized spacial score (nSPS) is 10.3. The first kappa shape index (κ1) is 13.9. The van der Waals surface area contributed by atoms with Gasteiger partial charge in [-0.3, -0.25) is 0 Å². The van der Waals surface area contributed by atoms with E-state index in [1.165, 1.54) is 12.1 Å². The fraction of sp³-hybridized carbons (Fsp3) is 0.0714. The third kappa shape index (κ3) is 3.49. The number of hydrogen-bond acceptors (Lipinski definition) is 2. The van der Waals surface area contributed by atoms with E-state index in [4.69, 9.17) is 21.4 Å². The van der Waals surface area contributed by atoms with Crippen molar-refractivity contribution in [3.63, 3.8) is 0 Å². The van der Waals surface area contributed by atoms with Crippen molar-refractivity contribution in [1.29, 1.82) is 0 Å². The van der Waals surface area contributed by atoms with Crippen LogP contribution in [0.4, 0.5) is 0 Å². The molecule has 1 N–H and O–H groups in total. The SMILES string of the molecule is Cc1ccc(Cl)c(Oc2cc(Br)cc(C(=O)O)c2)c1. The summed E-state index contributed by atoms with van der Waals surface area (Å²) in [6.45, 7) is 1.92. The van der Waals surface area contributed by atoms with E-state index in [2.05, 4.69) is 15.9 Å². The Morgan fingerprint density at radius 3 is 2.68 bits per heavy atom. The quantitative estimate of drug-likeness (QED) is 0.863. The maximum atomic E-state index is 11.0. The van der Waals surface area contributed by atoms with Crippen molar-refractivity contribution in [3.8, 4) is 11.5 Å². The van der Waals surface area contributed by atoms with E-state index >= 15 is 0 Å². The Hall–Kier alpha value is -1.52. The minimum atomic E-state index is -1.01. The summed E-state index contributed by atoms with van der Waals surface area (Å²) in [5.41, 5.74) is 1.15. The molecule has 5 heteroatoms. The van der Waals surface area contributed by atoms with Gasteiger partial charge in [0.2, 0.25) is 0 Å². The highest BCUT2D eigenvalue weighted by molar-refractivity contribution is 9.10. The molecular weight excluding hydrogens is 332 g/mol. The van der Waals surface area contributed by atoms with Gasteiger partial charge in [0.15, 0.2) is 0 Å². The van der Waals surface area contributed by atoms with Crippen molar-refractivity contribution >= 4 is 33.5 Å². The molecule has 3 nitrogen and oxygen atoms in total. The molecule has 0 saturated carbocycles. The Bertz CT molecular complexity index is 641. The first-order valence-electron chi connectivity index (χ1n) is 5.43. The van der Waals surface area contributed by atoms with E-state index in [1.54, 1.807) is 18.2 Å². The van der Waals surface area contributed by atoms with Crippen molar-refractivity contribution in [2.75, 3.05) is 0 Å². The molecule has 19 heavy (non-hydrogen) atoms. The molecule has 0 saturated heterocycles. The van der Waals surface area contributed by atoms with Crippen LogP contribution in [-0.2, 0) is 0 Å². The van der Waals surface area contributed by atoms with E-state index in [0.717, 1.165) is 5.56 Å². The summed E-state index contributed by atoms with van der Waals surface area (Å²) in [6.07, 6.45) is 0. The number of aromatic carboxylic acids is 1. The fourth-order valence-corrected chi connectivity index (χ4v) is 2.19. The number of rotatable bonds is 3. The van der Waals surface area contributed by atoms with E-state index in [-0.39, 0.29) is 5.56 Å². The van der Waals surface area contributed by atoms with Gasteiger partial charge in [-0.25, -0.2) is 4.79 Å². The molecule has 0 aliphatic rings. The molecule has 0 unspecified atom stereocenters. The number of carboxylic acids is 1. The monoisotopic (exact) mass is 340 g/mol. The number of hydrogen-bond donors (Lipinski definition) is 1. The molecule has 0 amide bonds. The van der Waals surface area contributed by atoms with Crippen molar-refractivity contribution in [2.24, 2.45) is 0 Å². The largest absolute Gasteiger partial charge is 0.478 e. The predicted octanol–water partition coefficient (Wildman–Crippen LogP) is 4.90. The summed E-state index contributed by atoms with van der Waals surface area (Å²) in [5, 5.41) is 9.47. The van der Waals surface area contributed by atoms with Gasteiger partial charge in [0.1, 0.15) is 11.5 Å². The predicted molar refractivity (Wildman–Crippen MR) is 77.4 cm³/mol. The van der Waals surface area contributed by atoms with Crippen LogP contribution in [0.5, 0.6) is 11.5 Å². The van der Waals surface area contributed by atoms with Crippen molar-refractivity contribution < 1.29 is 14.6 Å². The molecule has 2 aromatic carbocycles. The zero-order chi connectivity index (χ0) is 14.0. The first-order chi connectivity index (χ1) is 8.95. The third-order valence-corrected chi connectivity index (χ3v) is 3.20. The Kier molecular flexibility index (Phi) is 4.12. The van der Waals surface area contributed by atoms with Gasteiger partial charge in [0.05, 0.1) is 10.6 Å². The maximum Gasteiger partial charge on any atom is 0.335 e. The molecule has 0 spiro atoms. The van der Waals surface area contributed by atoms with Crippen molar-refractivity contribution in [2.45, 2.75) is 6.92 Å². The molecule has 0 bridgehead atoms. The van der Waals surface area contributed by atoms with Crippen LogP contribution >= 0.6 is 27.5 Å². The summed E-state index contributed by atoms with van der Waals surface area (Å²) < 4.78 is 6.27. The number of benzene rings is 2. The molecule has 0 aromatic heterocycles. The Labute approximate surface area is 123 Å². The van der Waals surface area contributed by atoms with E-state index in [1.807, 2.05) is 13.0 Å². The maximum absolute atomic E-state index is 11.0. The van der Waals surface area contributed by atoms with Crippen LogP contribution < -0.4 is 4.74 Å². The summed E-state index contributed by atoms with van der Waals surface area (Å²) in [7, 11) is 0. The molecule has 0 fully saturated rings. The smallest absolute Gasteiger partial charge is 0.335 e. The average molecular weight is 342 g/mol. The zero-order valence-electron chi connectivity index (χ0n) is 9.98. The van der Waals surface area contributed by atoms with Gasteiger partial charge < -0.3 is 9.84 Å². The molecule has 0 atom stereocenters. The third-order valence-electron chi connectivity index (χ3n) is 2.43. The molecule has 0 radical (unpaired) electrons. The Morgan fingerprint density at radius 2 is 2.00 bits per heavy atom. The minimum Gasteiger partial charge on any atom is -0.478 e. The molecule has 0 aliphatic carbocycles. The second-order valence-electron chi connectivity index (χ2n) is 4.02. The summed E-state index contributed by atoms with van der Waals surface area (Å²) in [5.74, 6) is -0.100. The van der Waals surface area contributed by atoms with Gasteiger partial charge in [0.25, 0.3) is 0 Å². The van der Waals surface area contributed by atoms with E-state index in [0.29, 0.717) is 21.0 Å². The highest BCUT2D eigenvalue weighted by Crippen LogP contribution is 2.32. The molecule has 2 rings (SSSR count). The Balaban J connectivity index is 2.38. The number of ether oxygens (including phenoxy) is 1. The lowest BCUT2D eigenvalue weighted by Crippen LogP contribution is -1.97. The van der Waals surface area contributed by atoms with Gasteiger partial charge in [0, 0.05) is 4.47 Å². The number of carbonyl (C=O) groups is 1. The van der Waals surface area contributed by atoms with E-state index < -0.39 is 5.97 Å². The van der Waals surface area contributed by atoms with Gasteiger partial charge in [-0.1, -0.05) is 33.6 Å².